The molecule has 142 valence electrons. The minimum absolute atomic E-state index is 0.320. The van der Waals surface area contributed by atoms with Crippen LogP contribution in [0.4, 0.5) is 17.3 Å². The van der Waals surface area contributed by atoms with Crippen molar-refractivity contribution in [2.45, 2.75) is 0 Å². The average Bonchev–Trinajstić information content (AvgIpc) is 2.74. The predicted molar refractivity (Wildman–Crippen MR) is 104 cm³/mol. The van der Waals surface area contributed by atoms with E-state index in [1.165, 1.54) is 19.5 Å². The van der Waals surface area contributed by atoms with Crippen molar-refractivity contribution in [3.8, 4) is 5.75 Å². The Morgan fingerprint density at radius 3 is 2.00 bits per heavy atom. The predicted octanol–water partition coefficient (Wildman–Crippen LogP) is 3.27. The van der Waals surface area contributed by atoms with Crippen LogP contribution in [0.25, 0.3) is 0 Å². The topological polar surface area (TPSA) is 102 Å². The molecule has 0 bridgehead atoms. The summed E-state index contributed by atoms with van der Waals surface area (Å²) in [5.74, 6) is 0.303. The van der Waals surface area contributed by atoms with Gasteiger partial charge in [-0.1, -0.05) is 0 Å². The molecule has 1 heterocycles. The molecule has 1 amide bonds. The van der Waals surface area contributed by atoms with Crippen molar-refractivity contribution in [2.75, 3.05) is 24.9 Å². The zero-order valence-corrected chi connectivity index (χ0v) is 15.3. The Balaban J connectivity index is 1.62. The van der Waals surface area contributed by atoms with E-state index in [0.29, 0.717) is 34.2 Å². The Kier molecular flexibility index (Phi) is 5.81. The second kappa shape index (κ2) is 8.63. The number of carbonyl (C=O) groups is 2. The van der Waals surface area contributed by atoms with Gasteiger partial charge >= 0.3 is 5.97 Å². The molecule has 0 unspecified atom stereocenters. The molecule has 0 spiro atoms. The van der Waals surface area contributed by atoms with Crippen LogP contribution in [-0.4, -0.2) is 36.1 Å². The van der Waals surface area contributed by atoms with E-state index >= 15 is 0 Å². The fourth-order valence-electron chi connectivity index (χ4n) is 2.32. The summed E-state index contributed by atoms with van der Waals surface area (Å²) in [4.78, 5) is 32.0. The molecule has 3 aromatic rings. The number of hydrogen-bond acceptors (Lipinski definition) is 7. The Morgan fingerprint density at radius 2 is 1.43 bits per heavy atom. The van der Waals surface area contributed by atoms with Crippen molar-refractivity contribution in [1.29, 1.82) is 0 Å². The number of esters is 1. The first kappa shape index (κ1) is 18.8. The van der Waals surface area contributed by atoms with Gasteiger partial charge in [-0.3, -0.25) is 4.79 Å². The lowest BCUT2D eigenvalue weighted by atomic mass is 10.2. The van der Waals surface area contributed by atoms with Crippen LogP contribution in [0.2, 0.25) is 0 Å². The molecule has 1 aromatic heterocycles. The maximum atomic E-state index is 12.3. The summed E-state index contributed by atoms with van der Waals surface area (Å²) < 4.78 is 9.74. The lowest BCUT2D eigenvalue weighted by molar-refractivity contribution is 0.0600. The molecule has 0 saturated heterocycles. The van der Waals surface area contributed by atoms with Crippen LogP contribution in [0.5, 0.6) is 5.75 Å². The normalized spacial score (nSPS) is 10.1. The van der Waals surface area contributed by atoms with Crippen molar-refractivity contribution in [2.24, 2.45) is 0 Å². The third-order valence-corrected chi connectivity index (χ3v) is 3.82. The van der Waals surface area contributed by atoms with Crippen molar-refractivity contribution in [3.63, 3.8) is 0 Å². The molecule has 8 nitrogen and oxygen atoms in total. The number of benzene rings is 2. The maximum Gasteiger partial charge on any atom is 0.337 e. The van der Waals surface area contributed by atoms with E-state index in [9.17, 15) is 9.59 Å². The summed E-state index contributed by atoms with van der Waals surface area (Å²) in [5.41, 5.74) is 2.10. The van der Waals surface area contributed by atoms with Gasteiger partial charge in [0.05, 0.1) is 25.3 Å². The SMILES string of the molecule is COC(=O)c1ccc(Nc2ncc(C(=O)Nc3ccc(OC)cc3)cn2)cc1. The summed E-state index contributed by atoms with van der Waals surface area (Å²) in [6.07, 6.45) is 2.86. The summed E-state index contributed by atoms with van der Waals surface area (Å²) in [6, 6.07) is 13.7. The molecule has 28 heavy (non-hydrogen) atoms. The minimum Gasteiger partial charge on any atom is -0.497 e. The Morgan fingerprint density at radius 1 is 0.821 bits per heavy atom. The van der Waals surface area contributed by atoms with Crippen molar-refractivity contribution < 1.29 is 19.1 Å². The van der Waals surface area contributed by atoms with Gasteiger partial charge in [0.15, 0.2) is 0 Å². The van der Waals surface area contributed by atoms with Crippen molar-refractivity contribution in [1.82, 2.24) is 9.97 Å². The van der Waals surface area contributed by atoms with E-state index in [4.69, 9.17) is 4.74 Å². The molecule has 2 N–H and O–H groups in total. The van der Waals surface area contributed by atoms with Crippen LogP contribution in [0, 0.1) is 0 Å². The van der Waals surface area contributed by atoms with E-state index in [0.717, 1.165) is 0 Å². The van der Waals surface area contributed by atoms with Crippen LogP contribution in [0.1, 0.15) is 20.7 Å². The molecule has 3 rings (SSSR count). The summed E-state index contributed by atoms with van der Waals surface area (Å²) in [7, 11) is 2.91. The second-order valence-electron chi connectivity index (χ2n) is 5.67. The molecular formula is C20H18N4O4. The minimum atomic E-state index is -0.407. The van der Waals surface area contributed by atoms with Gasteiger partial charge in [0.1, 0.15) is 5.75 Å². The zero-order valence-electron chi connectivity index (χ0n) is 15.3. The molecule has 0 aliphatic carbocycles. The summed E-state index contributed by atoms with van der Waals surface area (Å²) in [6.45, 7) is 0. The quantitative estimate of drug-likeness (QED) is 0.635. The van der Waals surface area contributed by atoms with E-state index in [1.807, 2.05) is 0 Å². The third kappa shape index (κ3) is 4.61. The number of rotatable bonds is 6. The number of anilines is 3. The van der Waals surface area contributed by atoms with Crippen LogP contribution in [-0.2, 0) is 4.74 Å². The molecule has 0 radical (unpaired) electrons. The molecule has 2 aromatic carbocycles. The number of nitrogens with one attached hydrogen (secondary N) is 2. The standard InChI is InChI=1S/C20H18N4O4/c1-27-17-9-7-15(8-10-17)23-18(25)14-11-21-20(22-12-14)24-16-5-3-13(4-6-16)19(26)28-2/h3-12H,1-2H3,(H,23,25)(H,21,22,24). The van der Waals surface area contributed by atoms with Crippen molar-refractivity contribution >= 4 is 29.2 Å². The number of aromatic nitrogens is 2. The maximum absolute atomic E-state index is 12.3. The number of amides is 1. The molecule has 0 aliphatic rings. The van der Waals surface area contributed by atoms with Crippen molar-refractivity contribution in [3.05, 3.63) is 72.1 Å². The average molecular weight is 378 g/mol. The fraction of sp³-hybridized carbons (Fsp3) is 0.100. The number of ether oxygens (including phenoxy) is 2. The van der Waals surface area contributed by atoms with Gasteiger partial charge in [0.2, 0.25) is 5.95 Å². The van der Waals surface area contributed by atoms with Crippen LogP contribution >= 0.6 is 0 Å². The first-order valence-corrected chi connectivity index (χ1v) is 8.32. The second-order valence-corrected chi connectivity index (χ2v) is 5.67. The van der Waals surface area contributed by atoms with Gasteiger partial charge in [0, 0.05) is 23.8 Å². The largest absolute Gasteiger partial charge is 0.497 e. The third-order valence-electron chi connectivity index (χ3n) is 3.82. The number of hydrogen-bond donors (Lipinski definition) is 2. The van der Waals surface area contributed by atoms with Gasteiger partial charge in [-0.25, -0.2) is 14.8 Å². The van der Waals surface area contributed by atoms with Crippen LogP contribution < -0.4 is 15.4 Å². The molecule has 0 aliphatic heterocycles. The van der Waals surface area contributed by atoms with Crippen LogP contribution in [0.3, 0.4) is 0 Å². The van der Waals surface area contributed by atoms with Crippen LogP contribution in [0.15, 0.2) is 60.9 Å². The van der Waals surface area contributed by atoms with Gasteiger partial charge in [-0.15, -0.1) is 0 Å². The van der Waals surface area contributed by atoms with E-state index in [2.05, 4.69) is 25.3 Å². The summed E-state index contributed by atoms with van der Waals surface area (Å²) >= 11 is 0. The first-order valence-electron chi connectivity index (χ1n) is 8.32. The highest BCUT2D eigenvalue weighted by atomic mass is 16.5. The lowest BCUT2D eigenvalue weighted by Gasteiger charge is -2.08. The van der Waals surface area contributed by atoms with E-state index in [-0.39, 0.29) is 5.91 Å². The lowest BCUT2D eigenvalue weighted by Crippen LogP contribution is -2.13. The Bertz CT molecular complexity index is 955. The molecule has 0 atom stereocenters. The highest BCUT2D eigenvalue weighted by Gasteiger charge is 2.09. The van der Waals surface area contributed by atoms with Gasteiger partial charge in [0.25, 0.3) is 5.91 Å². The van der Waals surface area contributed by atoms with Gasteiger partial charge in [-0.2, -0.15) is 0 Å². The summed E-state index contributed by atoms with van der Waals surface area (Å²) in [5, 5.41) is 5.76. The van der Waals surface area contributed by atoms with E-state index in [1.54, 1.807) is 55.6 Å². The molecule has 0 fully saturated rings. The van der Waals surface area contributed by atoms with Gasteiger partial charge < -0.3 is 20.1 Å². The Hall–Kier alpha value is -3.94. The van der Waals surface area contributed by atoms with E-state index < -0.39 is 5.97 Å². The number of methoxy groups -OCH3 is 2. The fourth-order valence-corrected chi connectivity index (χ4v) is 2.32. The smallest absolute Gasteiger partial charge is 0.337 e. The van der Waals surface area contributed by atoms with Gasteiger partial charge in [-0.05, 0) is 48.5 Å². The molecule has 0 saturated carbocycles. The molecule has 8 heteroatoms. The first-order chi connectivity index (χ1) is 13.6. The highest BCUT2D eigenvalue weighted by Crippen LogP contribution is 2.17. The number of nitrogens with zero attached hydrogens (tertiary/aromatic N) is 2. The monoisotopic (exact) mass is 378 g/mol. The molecular weight excluding hydrogens is 360 g/mol. The number of carbonyl (C=O) groups excluding carboxylic acids is 2. The Labute approximate surface area is 161 Å². The zero-order chi connectivity index (χ0) is 19.9. The highest BCUT2D eigenvalue weighted by molar-refractivity contribution is 6.03.